The molecule has 0 bridgehead atoms. The minimum Gasteiger partial charge on any atom is -0.468 e. The van der Waals surface area contributed by atoms with Gasteiger partial charge in [0.15, 0.2) is 0 Å². The summed E-state index contributed by atoms with van der Waals surface area (Å²) in [7, 11) is 0. The van der Waals surface area contributed by atoms with E-state index >= 15 is 0 Å². The Balaban J connectivity index is -0.000000435. The predicted octanol–water partition coefficient (Wildman–Crippen LogP) is 20.5. The summed E-state index contributed by atoms with van der Waals surface area (Å²) in [6.45, 7) is 4.11. The van der Waals surface area contributed by atoms with Gasteiger partial charge in [-0.25, -0.2) is 0 Å². The Morgan fingerprint density at radius 3 is 0.443 bits per heavy atom. The van der Waals surface area contributed by atoms with Crippen molar-refractivity contribution >= 4 is 183 Å². The molecule has 0 unspecified atom stereocenters. The van der Waals surface area contributed by atoms with Gasteiger partial charge in [0, 0.05) is 0 Å². The highest BCUT2D eigenvalue weighted by Gasteiger charge is 2.25. The largest absolute Gasteiger partial charge is 0.468 e. The Labute approximate surface area is 485 Å². The lowest BCUT2D eigenvalue weighted by molar-refractivity contribution is -0.129. The van der Waals surface area contributed by atoms with Crippen molar-refractivity contribution in [1.29, 1.82) is 0 Å². The summed E-state index contributed by atoms with van der Waals surface area (Å²) in [4.78, 5) is 39.4. The van der Waals surface area contributed by atoms with Crippen LogP contribution in [0.1, 0.15) is 218 Å². The summed E-state index contributed by atoms with van der Waals surface area (Å²) in [5.41, 5.74) is 0. The zero-order valence-electron chi connectivity index (χ0n) is 41.8. The fraction of sp³-hybridized carbons (Fsp3) is 0.913. The molecule has 420 valence electrons. The zero-order valence-corrected chi connectivity index (χ0v) is 54.9. The maximum atomic E-state index is 9.98. The first-order valence-electron chi connectivity index (χ1n) is 25.7. The number of hydrogen-bond donors (Lipinski definition) is 0. The third-order valence-electron chi connectivity index (χ3n) is 10.7. The smallest absolute Gasteiger partial charge is 0.341 e. The van der Waals surface area contributed by atoms with Gasteiger partial charge in [-0.1, -0.05) is 193 Å². The fourth-order valence-electron chi connectivity index (χ4n) is 6.83. The summed E-state index contributed by atoms with van der Waals surface area (Å²) in [5.74, 6) is 0. The van der Waals surface area contributed by atoms with Gasteiger partial charge < -0.3 is 18.9 Å². The Bertz CT molecular complexity index is 1100. The molecule has 24 heteroatoms. The number of carbonyl (C=O) groups is 4. The van der Waals surface area contributed by atoms with E-state index < -0.39 is 24.0 Å². The minimum atomic E-state index is -2.42. The molecule has 0 saturated carbocycles. The highest BCUT2D eigenvalue weighted by atomic mass is 35.9. The van der Waals surface area contributed by atoms with E-state index in [1.54, 1.807) is 0 Å². The van der Waals surface area contributed by atoms with Gasteiger partial charge in [-0.2, -0.15) is 0 Å². The molecule has 0 heterocycles. The highest BCUT2D eigenvalue weighted by molar-refractivity contribution is 7.66. The molecule has 0 aromatic heterocycles. The molecule has 0 aromatic carbocycles. The molecule has 0 saturated heterocycles. The van der Waals surface area contributed by atoms with E-state index in [1.807, 2.05) is 0 Å². The molecule has 0 aliphatic rings. The van der Waals surface area contributed by atoms with Crippen LogP contribution in [-0.2, 0) is 38.1 Å². The Morgan fingerprint density at radius 2 is 0.314 bits per heavy atom. The van der Waals surface area contributed by atoms with Crippen molar-refractivity contribution in [3.63, 3.8) is 0 Å². The van der Waals surface area contributed by atoms with Crippen LogP contribution in [-0.4, -0.2) is 76.3 Å². The molecule has 0 spiro atoms. The number of rotatable bonds is 50. The summed E-state index contributed by atoms with van der Waals surface area (Å²) in [6.07, 6.45) is 40.6. The fourth-order valence-corrected chi connectivity index (χ4v) is 14.2. The van der Waals surface area contributed by atoms with Crippen LogP contribution in [0.15, 0.2) is 0 Å². The van der Waals surface area contributed by atoms with E-state index in [0.29, 0.717) is 58.4 Å². The molecule has 0 aromatic rings. The molecule has 70 heavy (non-hydrogen) atoms. The van der Waals surface area contributed by atoms with Crippen LogP contribution in [0.3, 0.4) is 0 Å². The van der Waals surface area contributed by atoms with Crippen molar-refractivity contribution in [1.82, 2.24) is 0 Å². The second-order valence-corrected chi connectivity index (χ2v) is 54.5. The van der Waals surface area contributed by atoms with Gasteiger partial charge in [0.05, 0.1) is 26.4 Å². The number of carbonyl (C=O) groups excluding carboxylic acids is 4. The van der Waals surface area contributed by atoms with Gasteiger partial charge in [-0.05, 0) is 49.9 Å². The maximum Gasteiger partial charge on any atom is 0.341 e. The first kappa shape index (κ1) is 78.7. The monoisotopic (exact) mass is 1300 g/mol. The molecule has 0 aliphatic carbocycles. The molecule has 0 N–H and O–H groups in total. The lowest BCUT2D eigenvalue weighted by atomic mass is 10.0. The van der Waals surface area contributed by atoms with Gasteiger partial charge in [0.2, 0.25) is 0 Å². The van der Waals surface area contributed by atoms with Crippen LogP contribution in [0, 0.1) is 0 Å². The quantitative estimate of drug-likeness (QED) is 0.0195. The normalized spacial score (nSPS) is 11.5. The first-order chi connectivity index (χ1) is 33.2. The minimum absolute atomic E-state index is 0.448. The van der Waals surface area contributed by atoms with Gasteiger partial charge in [0.1, 0.15) is 0 Å². The van der Waals surface area contributed by atoms with Crippen LogP contribution in [0.4, 0.5) is 0 Å². The summed E-state index contributed by atoms with van der Waals surface area (Å²) in [5, 5.41) is 0. The Kier molecular flexibility index (Phi) is 68.0. The van der Waals surface area contributed by atoms with Gasteiger partial charge in [-0.15, -0.1) is 133 Å². The summed E-state index contributed by atoms with van der Waals surface area (Å²) in [6, 6.07) is -6.54. The topological polar surface area (TPSA) is 105 Å². The van der Waals surface area contributed by atoms with Crippen LogP contribution in [0.5, 0.6) is 0 Å². The van der Waals surface area contributed by atoms with Crippen molar-refractivity contribution in [2.75, 3.05) is 26.4 Å². The second-order valence-electron chi connectivity index (χ2n) is 17.3. The summed E-state index contributed by atoms with van der Waals surface area (Å²) < 4.78 is 18.4. The van der Waals surface area contributed by atoms with E-state index in [2.05, 4.69) is 18.9 Å². The van der Waals surface area contributed by atoms with Gasteiger partial charge >= 0.3 is 24.0 Å². The molecule has 0 rings (SSSR count). The van der Waals surface area contributed by atoms with Crippen LogP contribution in [0.25, 0.3) is 0 Å². The molecular formula is C46H88Cl12O8Si4. The zero-order chi connectivity index (χ0) is 53.4. The predicted molar refractivity (Wildman–Crippen MR) is 318 cm³/mol. The molecule has 0 atom stereocenters. The van der Waals surface area contributed by atoms with E-state index in [-0.39, 0.29) is 0 Å². The van der Waals surface area contributed by atoms with E-state index in [4.69, 9.17) is 133 Å². The van der Waals surface area contributed by atoms with Crippen molar-refractivity contribution in [2.45, 2.75) is 242 Å². The first-order valence-corrected chi connectivity index (χ1v) is 46.7. The molecule has 0 fully saturated rings. The Morgan fingerprint density at radius 1 is 0.200 bits per heavy atom. The van der Waals surface area contributed by atoms with Crippen molar-refractivity contribution < 1.29 is 38.1 Å². The van der Waals surface area contributed by atoms with Crippen LogP contribution in [0.2, 0.25) is 24.2 Å². The van der Waals surface area contributed by atoms with Crippen molar-refractivity contribution in [2.24, 2.45) is 0 Å². The second kappa shape index (κ2) is 60.5. The van der Waals surface area contributed by atoms with Crippen molar-refractivity contribution in [3.8, 4) is 0 Å². The summed E-state index contributed by atoms with van der Waals surface area (Å²) >= 11 is 69.2. The van der Waals surface area contributed by atoms with Gasteiger partial charge in [-0.3, -0.25) is 19.2 Å². The number of halogens is 12. The van der Waals surface area contributed by atoms with E-state index in [9.17, 15) is 19.2 Å². The third-order valence-corrected chi connectivity index (χ3v) is 21.1. The number of hydrogen-bond acceptors (Lipinski definition) is 8. The SMILES string of the molecule is O=COCCCCCCCCCCCCCCCCCCC[Si](Cl)(Cl)Cl.O=COCCCCCCCCCCC[Si](Cl)(Cl)Cl.O=COCCCCCCC[Si](Cl)(Cl)Cl.O=COCCCCC[Si](Cl)(Cl)Cl. The third kappa shape index (κ3) is 92.8. The Hall–Kier alpha value is 2.23. The number of ether oxygens (including phenoxy) is 4. The van der Waals surface area contributed by atoms with E-state index in [0.717, 1.165) is 102 Å². The standard InChI is InChI=1S/C20H39Cl3O2Si.C12H23Cl3O2Si.C8H15Cl3O2Si.C6H11Cl3O2Si/c21-26(22,23)19-17-15-13-11-9-7-5-3-1-2-4-6-8-10-12-14-16-18-25-20-24;13-18(14,15)11-9-7-5-3-1-2-4-6-8-10-17-12-16;9-14(10,11)7-5-3-1-2-4-6-13-8-12;7-12(8,9)5-3-1-2-4-11-6-10/h20H,1-19H2;12H,1-11H2;8H,1-7H2;6H,1-5H2. The molecular weight excluding hydrogens is 1220 g/mol. The van der Waals surface area contributed by atoms with Crippen LogP contribution < -0.4 is 0 Å². The molecule has 0 aliphatic heterocycles. The van der Waals surface area contributed by atoms with Crippen LogP contribution >= 0.6 is 133 Å². The molecule has 0 radical (unpaired) electrons. The lowest BCUT2D eigenvalue weighted by Crippen LogP contribution is -2.07. The average Bonchev–Trinajstić information content (AvgIpc) is 3.27. The molecule has 0 amide bonds. The van der Waals surface area contributed by atoms with Crippen molar-refractivity contribution in [3.05, 3.63) is 0 Å². The van der Waals surface area contributed by atoms with Gasteiger partial charge in [0.25, 0.3) is 25.9 Å². The highest BCUT2D eigenvalue weighted by Crippen LogP contribution is 2.30. The number of unbranched alkanes of at least 4 members (excludes halogenated alkanes) is 30. The van der Waals surface area contributed by atoms with E-state index in [1.165, 1.54) is 135 Å². The molecule has 8 nitrogen and oxygen atoms in total. The lowest BCUT2D eigenvalue weighted by Gasteiger charge is -2.07. The average molecular weight is 1310 g/mol. The maximum absolute atomic E-state index is 9.98.